The van der Waals surface area contributed by atoms with E-state index in [4.69, 9.17) is 23.7 Å². The summed E-state index contributed by atoms with van der Waals surface area (Å²) in [5, 5.41) is 2.83. The van der Waals surface area contributed by atoms with Crippen LogP contribution >= 0.6 is 0 Å². The standard InChI is InChI=1S/C25H35N3O8S/c1-32-19-6-8-22(33-2)21(16-19)28(18-25(29)26-10-5-11-27-12-14-36-15-13-27)37(30,31)20-7-9-23(34-3)24(17-20)35-4/h6-9,16-17H,5,10-15,18H2,1-4H3,(H,26,29). The molecule has 3 rings (SSSR count). The van der Waals surface area contributed by atoms with Crippen molar-refractivity contribution in [1.82, 2.24) is 10.2 Å². The smallest absolute Gasteiger partial charge is 0.265 e. The number of hydrogen-bond acceptors (Lipinski definition) is 9. The van der Waals surface area contributed by atoms with Crippen molar-refractivity contribution in [2.24, 2.45) is 0 Å². The van der Waals surface area contributed by atoms with Crippen LogP contribution in [0.3, 0.4) is 0 Å². The van der Waals surface area contributed by atoms with Gasteiger partial charge in [-0.3, -0.25) is 14.0 Å². The number of nitrogens with one attached hydrogen (secondary N) is 1. The third-order valence-electron chi connectivity index (χ3n) is 5.96. The first-order valence-electron chi connectivity index (χ1n) is 11.9. The van der Waals surface area contributed by atoms with E-state index < -0.39 is 22.5 Å². The van der Waals surface area contributed by atoms with Crippen LogP contribution in [-0.2, 0) is 19.6 Å². The lowest BCUT2D eigenvalue weighted by molar-refractivity contribution is -0.119. The van der Waals surface area contributed by atoms with Crippen molar-refractivity contribution in [1.29, 1.82) is 0 Å². The molecule has 0 aliphatic carbocycles. The second-order valence-electron chi connectivity index (χ2n) is 8.22. The molecule has 0 spiro atoms. The Hall–Kier alpha value is -3.22. The van der Waals surface area contributed by atoms with E-state index in [2.05, 4.69) is 10.2 Å². The highest BCUT2D eigenvalue weighted by Gasteiger charge is 2.31. The molecule has 1 fully saturated rings. The van der Waals surface area contributed by atoms with Gasteiger partial charge in [-0.1, -0.05) is 0 Å². The lowest BCUT2D eigenvalue weighted by Gasteiger charge is -2.27. The fourth-order valence-electron chi connectivity index (χ4n) is 3.94. The number of rotatable bonds is 13. The Kier molecular flexibility index (Phi) is 10.2. The number of amides is 1. The molecule has 0 saturated carbocycles. The summed E-state index contributed by atoms with van der Waals surface area (Å²) in [6.07, 6.45) is 0.733. The quantitative estimate of drug-likeness (QED) is 0.382. The van der Waals surface area contributed by atoms with Gasteiger partial charge in [0.15, 0.2) is 11.5 Å². The zero-order chi connectivity index (χ0) is 26.8. The fraction of sp³-hybridized carbons (Fsp3) is 0.480. The van der Waals surface area contributed by atoms with E-state index in [1.54, 1.807) is 12.1 Å². The monoisotopic (exact) mass is 537 g/mol. The zero-order valence-electron chi connectivity index (χ0n) is 21.7. The first-order chi connectivity index (χ1) is 17.8. The second kappa shape index (κ2) is 13.4. The summed E-state index contributed by atoms with van der Waals surface area (Å²) in [4.78, 5) is 15.2. The van der Waals surface area contributed by atoms with E-state index in [-0.39, 0.29) is 22.1 Å². The fourth-order valence-corrected chi connectivity index (χ4v) is 5.38. The molecule has 1 aliphatic heterocycles. The van der Waals surface area contributed by atoms with Gasteiger partial charge in [0.25, 0.3) is 10.0 Å². The Labute approximate surface area is 218 Å². The normalized spacial score (nSPS) is 14.1. The minimum absolute atomic E-state index is 0.0739. The van der Waals surface area contributed by atoms with Gasteiger partial charge in [0, 0.05) is 31.8 Å². The Bertz CT molecular complexity index is 1150. The summed E-state index contributed by atoms with van der Waals surface area (Å²) in [5.74, 6) is 0.855. The zero-order valence-corrected chi connectivity index (χ0v) is 22.5. The maximum absolute atomic E-state index is 13.9. The number of morpholine rings is 1. The second-order valence-corrected chi connectivity index (χ2v) is 10.1. The number of anilines is 1. The summed E-state index contributed by atoms with van der Waals surface area (Å²) in [6.45, 7) is 3.91. The first kappa shape index (κ1) is 28.4. The molecule has 2 aromatic rings. The Balaban J connectivity index is 1.86. The van der Waals surface area contributed by atoms with Crippen LogP contribution in [-0.4, -0.2) is 93.6 Å². The largest absolute Gasteiger partial charge is 0.497 e. The van der Waals surface area contributed by atoms with E-state index in [1.807, 2.05) is 0 Å². The molecule has 37 heavy (non-hydrogen) atoms. The van der Waals surface area contributed by atoms with Crippen molar-refractivity contribution in [2.75, 3.05) is 78.7 Å². The lowest BCUT2D eigenvalue weighted by atomic mass is 10.2. The number of ether oxygens (including phenoxy) is 5. The van der Waals surface area contributed by atoms with E-state index in [0.717, 1.165) is 30.4 Å². The number of hydrogen-bond donors (Lipinski definition) is 1. The van der Waals surface area contributed by atoms with Gasteiger partial charge >= 0.3 is 0 Å². The van der Waals surface area contributed by atoms with E-state index in [9.17, 15) is 13.2 Å². The van der Waals surface area contributed by atoms with Crippen LogP contribution < -0.4 is 28.6 Å². The van der Waals surface area contributed by atoms with Crippen molar-refractivity contribution in [3.05, 3.63) is 36.4 Å². The highest BCUT2D eigenvalue weighted by Crippen LogP contribution is 2.37. The molecule has 1 aliphatic rings. The number of benzene rings is 2. The molecule has 1 saturated heterocycles. The van der Waals surface area contributed by atoms with Crippen molar-refractivity contribution < 1.29 is 36.9 Å². The Morgan fingerprint density at radius 3 is 2.27 bits per heavy atom. The third-order valence-corrected chi connectivity index (χ3v) is 7.72. The summed E-state index contributed by atoms with van der Waals surface area (Å²) in [6, 6.07) is 9.01. The number of sulfonamides is 1. The van der Waals surface area contributed by atoms with Gasteiger partial charge in [-0.2, -0.15) is 0 Å². The van der Waals surface area contributed by atoms with Crippen molar-refractivity contribution in [3.8, 4) is 23.0 Å². The number of carbonyl (C=O) groups excluding carboxylic acids is 1. The van der Waals surface area contributed by atoms with Crippen LogP contribution in [0.5, 0.6) is 23.0 Å². The van der Waals surface area contributed by atoms with Gasteiger partial charge in [0.2, 0.25) is 5.91 Å². The van der Waals surface area contributed by atoms with Crippen molar-refractivity contribution >= 4 is 21.6 Å². The average Bonchev–Trinajstić information content (AvgIpc) is 2.93. The van der Waals surface area contributed by atoms with Crippen molar-refractivity contribution in [3.63, 3.8) is 0 Å². The van der Waals surface area contributed by atoms with Gasteiger partial charge in [0.1, 0.15) is 18.0 Å². The van der Waals surface area contributed by atoms with Crippen LogP contribution in [0, 0.1) is 0 Å². The SMILES string of the molecule is COc1ccc(OC)c(N(CC(=O)NCCCN2CCOCC2)S(=O)(=O)c2ccc(OC)c(OC)c2)c1. The molecule has 1 amide bonds. The van der Waals surface area contributed by atoms with Gasteiger partial charge in [-0.15, -0.1) is 0 Å². The van der Waals surface area contributed by atoms with Crippen LogP contribution in [0.4, 0.5) is 5.69 Å². The van der Waals surface area contributed by atoms with Crippen LogP contribution in [0.15, 0.2) is 41.3 Å². The minimum Gasteiger partial charge on any atom is -0.497 e. The minimum atomic E-state index is -4.23. The predicted molar refractivity (Wildman–Crippen MR) is 139 cm³/mol. The molecule has 204 valence electrons. The van der Waals surface area contributed by atoms with E-state index >= 15 is 0 Å². The molecule has 0 unspecified atom stereocenters. The molecule has 0 atom stereocenters. The molecule has 0 radical (unpaired) electrons. The molecule has 11 nitrogen and oxygen atoms in total. The summed E-state index contributed by atoms with van der Waals surface area (Å²) < 4.78 is 55.4. The maximum Gasteiger partial charge on any atom is 0.265 e. The first-order valence-corrected chi connectivity index (χ1v) is 13.3. The Morgan fingerprint density at radius 1 is 0.946 bits per heavy atom. The summed E-state index contributed by atoms with van der Waals surface area (Å²) in [5.41, 5.74) is 0.167. The van der Waals surface area contributed by atoms with Gasteiger partial charge in [-0.25, -0.2) is 8.42 Å². The lowest BCUT2D eigenvalue weighted by Crippen LogP contribution is -2.42. The van der Waals surface area contributed by atoms with Crippen LogP contribution in [0.2, 0.25) is 0 Å². The summed E-state index contributed by atoms with van der Waals surface area (Å²) >= 11 is 0. The molecule has 12 heteroatoms. The molecule has 2 aromatic carbocycles. The predicted octanol–water partition coefficient (Wildman–Crippen LogP) is 1.75. The number of nitrogens with zero attached hydrogens (tertiary/aromatic N) is 2. The number of carbonyl (C=O) groups is 1. The van der Waals surface area contributed by atoms with Crippen LogP contribution in [0.25, 0.3) is 0 Å². The molecular formula is C25H35N3O8S. The highest BCUT2D eigenvalue weighted by atomic mass is 32.2. The van der Waals surface area contributed by atoms with Gasteiger partial charge in [-0.05, 0) is 37.2 Å². The molecule has 0 bridgehead atoms. The van der Waals surface area contributed by atoms with Gasteiger partial charge < -0.3 is 29.0 Å². The Morgan fingerprint density at radius 2 is 1.62 bits per heavy atom. The topological polar surface area (TPSA) is 116 Å². The van der Waals surface area contributed by atoms with E-state index in [0.29, 0.717) is 31.3 Å². The molecular weight excluding hydrogens is 502 g/mol. The molecule has 1 heterocycles. The van der Waals surface area contributed by atoms with Crippen molar-refractivity contribution in [2.45, 2.75) is 11.3 Å². The van der Waals surface area contributed by atoms with E-state index in [1.165, 1.54) is 52.7 Å². The van der Waals surface area contributed by atoms with Gasteiger partial charge in [0.05, 0.1) is 52.2 Å². The molecule has 1 N–H and O–H groups in total. The summed E-state index contributed by atoms with van der Waals surface area (Å²) in [7, 11) is 1.55. The third kappa shape index (κ3) is 7.18. The van der Waals surface area contributed by atoms with Crippen LogP contribution in [0.1, 0.15) is 6.42 Å². The number of methoxy groups -OCH3 is 4. The average molecular weight is 538 g/mol. The molecule has 0 aromatic heterocycles. The maximum atomic E-state index is 13.9. The highest BCUT2D eigenvalue weighted by molar-refractivity contribution is 7.92.